The maximum Gasteiger partial charge on any atom is 0.409 e. The van der Waals surface area contributed by atoms with Crippen LogP contribution >= 0.6 is 0 Å². The minimum absolute atomic E-state index is 0.0163. The van der Waals surface area contributed by atoms with Crippen molar-refractivity contribution in [1.82, 2.24) is 20.3 Å². The van der Waals surface area contributed by atoms with Crippen molar-refractivity contribution in [2.24, 2.45) is 10.9 Å². The van der Waals surface area contributed by atoms with Gasteiger partial charge in [0.1, 0.15) is 0 Å². The summed E-state index contributed by atoms with van der Waals surface area (Å²) in [6.45, 7) is 6.86. The highest BCUT2D eigenvalue weighted by Crippen LogP contribution is 2.25. The zero-order valence-electron chi connectivity index (χ0n) is 17.1. The molecule has 1 aliphatic carbocycles. The molecule has 10 heteroatoms. The molecule has 2 rings (SSSR count). The summed E-state index contributed by atoms with van der Waals surface area (Å²) < 4.78 is 31.9. The van der Waals surface area contributed by atoms with E-state index in [2.05, 4.69) is 20.3 Å². The Morgan fingerprint density at radius 3 is 2.46 bits per heavy atom. The molecule has 2 fully saturated rings. The topological polar surface area (TPSA) is 112 Å². The SMILES string of the molecule is CCNC(=NCCS(=O)(=O)NCC1CCC1)NC1CCN(C(=O)OCC)CC1. The lowest BCUT2D eigenvalue weighted by atomic mass is 9.86. The number of hydrogen-bond donors (Lipinski definition) is 3. The van der Waals surface area contributed by atoms with Crippen LogP contribution in [-0.2, 0) is 14.8 Å². The van der Waals surface area contributed by atoms with Gasteiger partial charge >= 0.3 is 6.09 Å². The van der Waals surface area contributed by atoms with E-state index in [0.717, 1.165) is 25.7 Å². The number of piperidine rings is 1. The number of nitrogens with zero attached hydrogens (tertiary/aromatic N) is 2. The van der Waals surface area contributed by atoms with Crippen LogP contribution in [0.4, 0.5) is 4.79 Å². The third kappa shape index (κ3) is 7.83. The van der Waals surface area contributed by atoms with Crippen molar-refractivity contribution in [2.75, 3.05) is 45.1 Å². The summed E-state index contributed by atoms with van der Waals surface area (Å²) in [5, 5.41) is 6.51. The van der Waals surface area contributed by atoms with Crippen molar-refractivity contribution in [3.63, 3.8) is 0 Å². The Balaban J connectivity index is 1.74. The molecule has 162 valence electrons. The number of rotatable bonds is 9. The standard InChI is InChI=1S/C18H35N5O4S/c1-3-19-17(20-10-13-28(25,26)21-14-15-6-5-7-15)22-16-8-11-23(12-9-16)18(24)27-4-2/h15-16,21H,3-14H2,1-2H3,(H2,19,20,22). The van der Waals surface area contributed by atoms with Crippen LogP contribution in [0.3, 0.4) is 0 Å². The number of hydrogen-bond acceptors (Lipinski definition) is 5. The van der Waals surface area contributed by atoms with Crippen LogP contribution in [-0.4, -0.2) is 76.5 Å². The summed E-state index contributed by atoms with van der Waals surface area (Å²) in [5.74, 6) is 1.10. The van der Waals surface area contributed by atoms with Gasteiger partial charge in [0.15, 0.2) is 5.96 Å². The Kier molecular flexibility index (Phi) is 9.30. The Labute approximate surface area is 168 Å². The minimum Gasteiger partial charge on any atom is -0.450 e. The molecule has 1 saturated carbocycles. The molecule has 0 radical (unpaired) electrons. The largest absolute Gasteiger partial charge is 0.450 e. The molecule has 0 aromatic carbocycles. The van der Waals surface area contributed by atoms with Gasteiger partial charge < -0.3 is 20.3 Å². The van der Waals surface area contributed by atoms with Crippen molar-refractivity contribution >= 4 is 22.1 Å². The lowest BCUT2D eigenvalue weighted by molar-refractivity contribution is 0.0963. The van der Waals surface area contributed by atoms with E-state index in [1.165, 1.54) is 6.42 Å². The van der Waals surface area contributed by atoms with Gasteiger partial charge in [-0.3, -0.25) is 4.99 Å². The van der Waals surface area contributed by atoms with E-state index in [4.69, 9.17) is 4.74 Å². The first-order valence-electron chi connectivity index (χ1n) is 10.4. The first-order chi connectivity index (χ1) is 13.4. The van der Waals surface area contributed by atoms with Crippen LogP contribution in [0.25, 0.3) is 0 Å². The molecular formula is C18H35N5O4S. The highest BCUT2D eigenvalue weighted by Gasteiger charge is 2.24. The van der Waals surface area contributed by atoms with Gasteiger partial charge in [-0.15, -0.1) is 0 Å². The van der Waals surface area contributed by atoms with Crippen LogP contribution in [0.5, 0.6) is 0 Å². The Hall–Kier alpha value is -1.55. The summed E-state index contributed by atoms with van der Waals surface area (Å²) in [4.78, 5) is 17.9. The molecule has 1 amide bonds. The van der Waals surface area contributed by atoms with E-state index in [9.17, 15) is 13.2 Å². The summed E-state index contributed by atoms with van der Waals surface area (Å²) in [7, 11) is -3.29. The molecule has 0 bridgehead atoms. The van der Waals surface area contributed by atoms with Gasteiger partial charge in [0, 0.05) is 32.2 Å². The highest BCUT2D eigenvalue weighted by molar-refractivity contribution is 7.89. The summed E-state index contributed by atoms with van der Waals surface area (Å²) in [6.07, 6.45) is 4.76. The molecule has 0 aromatic rings. The Bertz CT molecular complexity index is 613. The number of guanidine groups is 1. The number of aliphatic imine (C=N–C) groups is 1. The molecule has 2 aliphatic rings. The molecule has 0 spiro atoms. The molecule has 1 aliphatic heterocycles. The van der Waals surface area contributed by atoms with E-state index >= 15 is 0 Å². The van der Waals surface area contributed by atoms with Crippen LogP contribution in [0.15, 0.2) is 4.99 Å². The second kappa shape index (κ2) is 11.5. The zero-order valence-corrected chi connectivity index (χ0v) is 17.9. The minimum atomic E-state index is -3.29. The van der Waals surface area contributed by atoms with Gasteiger partial charge in [-0.1, -0.05) is 6.42 Å². The van der Waals surface area contributed by atoms with Gasteiger partial charge in [-0.05, 0) is 45.4 Å². The quantitative estimate of drug-likeness (QED) is 0.379. The van der Waals surface area contributed by atoms with Crippen LogP contribution in [0.1, 0.15) is 46.0 Å². The smallest absolute Gasteiger partial charge is 0.409 e. The summed E-state index contributed by atoms with van der Waals surface area (Å²) in [5.41, 5.74) is 0. The number of likely N-dealkylation sites (tertiary alicyclic amines) is 1. The summed E-state index contributed by atoms with van der Waals surface area (Å²) in [6, 6.07) is 0.192. The average molecular weight is 418 g/mol. The van der Waals surface area contributed by atoms with Crippen molar-refractivity contribution in [3.8, 4) is 0 Å². The second-order valence-electron chi connectivity index (χ2n) is 7.33. The number of carbonyl (C=O) groups is 1. The van der Waals surface area contributed by atoms with E-state index in [0.29, 0.717) is 44.7 Å². The molecule has 0 aromatic heterocycles. The van der Waals surface area contributed by atoms with Gasteiger partial charge in [-0.25, -0.2) is 17.9 Å². The molecule has 1 heterocycles. The first kappa shape index (κ1) is 22.7. The first-order valence-corrected chi connectivity index (χ1v) is 12.0. The van der Waals surface area contributed by atoms with Crippen LogP contribution < -0.4 is 15.4 Å². The molecule has 0 unspecified atom stereocenters. The van der Waals surface area contributed by atoms with Gasteiger partial charge in [0.05, 0.1) is 18.9 Å². The normalized spacial score (nSPS) is 19.2. The summed E-state index contributed by atoms with van der Waals surface area (Å²) >= 11 is 0. The predicted octanol–water partition coefficient (Wildman–Crippen LogP) is 0.882. The van der Waals surface area contributed by atoms with Crippen LogP contribution in [0.2, 0.25) is 0 Å². The number of sulfonamides is 1. The number of amides is 1. The number of nitrogens with one attached hydrogen (secondary N) is 3. The predicted molar refractivity (Wildman–Crippen MR) is 110 cm³/mol. The Morgan fingerprint density at radius 1 is 1.18 bits per heavy atom. The second-order valence-corrected chi connectivity index (χ2v) is 9.26. The van der Waals surface area contributed by atoms with Crippen molar-refractivity contribution < 1.29 is 17.9 Å². The molecule has 28 heavy (non-hydrogen) atoms. The van der Waals surface area contributed by atoms with Gasteiger partial charge in [0.25, 0.3) is 0 Å². The zero-order chi connectivity index (χ0) is 20.4. The fourth-order valence-corrected chi connectivity index (χ4v) is 4.19. The van der Waals surface area contributed by atoms with Crippen LogP contribution in [0, 0.1) is 5.92 Å². The molecule has 1 saturated heterocycles. The third-order valence-corrected chi connectivity index (χ3v) is 6.48. The number of carbonyl (C=O) groups excluding carboxylic acids is 1. The molecule has 3 N–H and O–H groups in total. The monoisotopic (exact) mass is 417 g/mol. The lowest BCUT2D eigenvalue weighted by Crippen LogP contribution is -2.50. The molecular weight excluding hydrogens is 382 g/mol. The van der Waals surface area contributed by atoms with E-state index in [1.54, 1.807) is 11.8 Å². The van der Waals surface area contributed by atoms with Crippen molar-refractivity contribution in [3.05, 3.63) is 0 Å². The lowest BCUT2D eigenvalue weighted by Gasteiger charge is -2.32. The molecule has 9 nitrogen and oxygen atoms in total. The number of ether oxygens (including phenoxy) is 1. The maximum absolute atomic E-state index is 12.1. The van der Waals surface area contributed by atoms with E-state index < -0.39 is 10.0 Å². The highest BCUT2D eigenvalue weighted by atomic mass is 32.2. The van der Waals surface area contributed by atoms with E-state index in [-0.39, 0.29) is 24.4 Å². The van der Waals surface area contributed by atoms with Crippen molar-refractivity contribution in [1.29, 1.82) is 0 Å². The van der Waals surface area contributed by atoms with E-state index in [1.807, 2.05) is 6.92 Å². The fourth-order valence-electron chi connectivity index (χ4n) is 3.23. The third-order valence-electron chi connectivity index (χ3n) is 5.15. The fraction of sp³-hybridized carbons (Fsp3) is 0.889. The maximum atomic E-state index is 12.1. The average Bonchev–Trinajstić information content (AvgIpc) is 2.61. The van der Waals surface area contributed by atoms with Crippen molar-refractivity contribution in [2.45, 2.75) is 52.0 Å². The van der Waals surface area contributed by atoms with Gasteiger partial charge in [0.2, 0.25) is 10.0 Å². The Morgan fingerprint density at radius 2 is 1.89 bits per heavy atom. The van der Waals surface area contributed by atoms with Gasteiger partial charge in [-0.2, -0.15) is 0 Å². The molecule has 0 atom stereocenters.